The van der Waals surface area contributed by atoms with E-state index in [4.69, 9.17) is 9.84 Å². The summed E-state index contributed by atoms with van der Waals surface area (Å²) in [6.07, 6.45) is 0.441. The Kier molecular flexibility index (Phi) is 4.21. The SMILES string of the molecule is CC(C(=O)NC1(CC(=O)O)CCOC1)c1ccsc1. The molecule has 6 heteroatoms. The predicted octanol–water partition coefficient (Wildman–Crippen LogP) is 1.60. The molecule has 2 heterocycles. The quantitative estimate of drug-likeness (QED) is 0.860. The van der Waals surface area contributed by atoms with E-state index in [0.717, 1.165) is 5.56 Å². The fourth-order valence-electron chi connectivity index (χ4n) is 2.22. The van der Waals surface area contributed by atoms with Gasteiger partial charge in [-0.1, -0.05) is 0 Å². The molecule has 0 aliphatic carbocycles. The summed E-state index contributed by atoms with van der Waals surface area (Å²) in [6.45, 7) is 2.57. The number of nitrogens with one attached hydrogen (secondary N) is 1. The van der Waals surface area contributed by atoms with Crippen LogP contribution < -0.4 is 5.32 Å². The summed E-state index contributed by atoms with van der Waals surface area (Å²) in [6, 6.07) is 1.91. The molecule has 0 bridgehead atoms. The van der Waals surface area contributed by atoms with Gasteiger partial charge in [-0.05, 0) is 35.7 Å². The first kappa shape index (κ1) is 14.0. The van der Waals surface area contributed by atoms with Gasteiger partial charge in [0.15, 0.2) is 0 Å². The molecule has 2 atom stereocenters. The summed E-state index contributed by atoms with van der Waals surface area (Å²) in [5.74, 6) is -1.35. The van der Waals surface area contributed by atoms with E-state index in [1.807, 2.05) is 23.8 Å². The number of thiophene rings is 1. The maximum absolute atomic E-state index is 12.2. The van der Waals surface area contributed by atoms with Crippen molar-refractivity contribution >= 4 is 23.2 Å². The molecular formula is C13H17NO4S. The zero-order valence-corrected chi connectivity index (χ0v) is 11.5. The Labute approximate surface area is 115 Å². The smallest absolute Gasteiger partial charge is 0.305 e. The molecule has 1 aromatic rings. The van der Waals surface area contributed by atoms with Crippen LogP contribution in [0.1, 0.15) is 31.2 Å². The van der Waals surface area contributed by atoms with Gasteiger partial charge in [-0.3, -0.25) is 9.59 Å². The van der Waals surface area contributed by atoms with Crippen LogP contribution in [0.15, 0.2) is 16.8 Å². The number of carboxylic acids is 1. The van der Waals surface area contributed by atoms with E-state index in [-0.39, 0.29) is 24.9 Å². The largest absolute Gasteiger partial charge is 0.481 e. The normalized spacial score (nSPS) is 24.1. The predicted molar refractivity (Wildman–Crippen MR) is 71.3 cm³/mol. The van der Waals surface area contributed by atoms with E-state index < -0.39 is 11.5 Å². The van der Waals surface area contributed by atoms with Gasteiger partial charge in [0.25, 0.3) is 0 Å². The minimum absolute atomic E-state index is 0.102. The van der Waals surface area contributed by atoms with E-state index in [2.05, 4.69) is 5.32 Å². The molecule has 0 saturated carbocycles. The Balaban J connectivity index is 2.05. The summed E-state index contributed by atoms with van der Waals surface area (Å²) in [7, 11) is 0. The van der Waals surface area contributed by atoms with Gasteiger partial charge in [0.1, 0.15) is 0 Å². The van der Waals surface area contributed by atoms with Crippen LogP contribution in [0, 0.1) is 0 Å². The van der Waals surface area contributed by atoms with Gasteiger partial charge in [0.05, 0.1) is 24.5 Å². The molecule has 1 aliphatic rings. The highest BCUT2D eigenvalue weighted by Crippen LogP contribution is 2.25. The molecule has 1 saturated heterocycles. The molecule has 1 aliphatic heterocycles. The van der Waals surface area contributed by atoms with Crippen LogP contribution in [0.5, 0.6) is 0 Å². The van der Waals surface area contributed by atoms with Crippen molar-refractivity contribution in [2.45, 2.75) is 31.2 Å². The van der Waals surface area contributed by atoms with E-state index in [1.54, 1.807) is 0 Å². The number of amides is 1. The molecule has 2 rings (SSSR count). The molecule has 1 aromatic heterocycles. The average Bonchev–Trinajstić information content (AvgIpc) is 2.98. The van der Waals surface area contributed by atoms with Gasteiger partial charge < -0.3 is 15.2 Å². The summed E-state index contributed by atoms with van der Waals surface area (Å²) in [5.41, 5.74) is 0.194. The zero-order valence-electron chi connectivity index (χ0n) is 10.7. The summed E-state index contributed by atoms with van der Waals surface area (Å²) < 4.78 is 5.26. The number of carbonyl (C=O) groups excluding carboxylic acids is 1. The van der Waals surface area contributed by atoms with E-state index in [0.29, 0.717) is 13.0 Å². The molecule has 0 aromatic carbocycles. The fraction of sp³-hybridized carbons (Fsp3) is 0.538. The van der Waals surface area contributed by atoms with Crippen LogP contribution >= 0.6 is 11.3 Å². The first-order valence-corrected chi connectivity index (χ1v) is 7.10. The van der Waals surface area contributed by atoms with Gasteiger partial charge in [0, 0.05) is 6.61 Å². The number of carboxylic acid groups (broad SMARTS) is 1. The second-order valence-electron chi connectivity index (χ2n) is 4.92. The van der Waals surface area contributed by atoms with Gasteiger partial charge in [-0.2, -0.15) is 11.3 Å². The molecule has 0 spiro atoms. The molecule has 5 nitrogen and oxygen atoms in total. The summed E-state index contributed by atoms with van der Waals surface area (Å²) >= 11 is 1.54. The molecule has 2 unspecified atom stereocenters. The first-order chi connectivity index (χ1) is 9.02. The highest BCUT2D eigenvalue weighted by Gasteiger charge is 2.39. The fourth-order valence-corrected chi connectivity index (χ4v) is 2.98. The number of carbonyl (C=O) groups is 2. The van der Waals surface area contributed by atoms with Crippen LogP contribution in [0.25, 0.3) is 0 Å². The Morgan fingerprint density at radius 3 is 2.95 bits per heavy atom. The Bertz CT molecular complexity index is 451. The van der Waals surface area contributed by atoms with Crippen molar-refractivity contribution < 1.29 is 19.4 Å². The summed E-state index contributed by atoms with van der Waals surface area (Å²) in [4.78, 5) is 23.2. The topological polar surface area (TPSA) is 75.6 Å². The van der Waals surface area contributed by atoms with Crippen molar-refractivity contribution in [1.29, 1.82) is 0 Å². The number of aliphatic carboxylic acids is 1. The van der Waals surface area contributed by atoms with E-state index in [1.165, 1.54) is 11.3 Å². The molecular weight excluding hydrogens is 266 g/mol. The average molecular weight is 283 g/mol. The lowest BCUT2D eigenvalue weighted by Gasteiger charge is -2.28. The maximum atomic E-state index is 12.2. The van der Waals surface area contributed by atoms with Gasteiger partial charge in [-0.15, -0.1) is 0 Å². The second-order valence-corrected chi connectivity index (χ2v) is 5.70. The third-order valence-corrected chi connectivity index (χ3v) is 4.12. The molecule has 2 N–H and O–H groups in total. The molecule has 19 heavy (non-hydrogen) atoms. The highest BCUT2D eigenvalue weighted by molar-refractivity contribution is 7.08. The lowest BCUT2D eigenvalue weighted by Crippen LogP contribution is -2.51. The minimum Gasteiger partial charge on any atom is -0.481 e. The van der Waals surface area contributed by atoms with Crippen molar-refractivity contribution in [3.63, 3.8) is 0 Å². The molecule has 1 fully saturated rings. The van der Waals surface area contributed by atoms with Crippen molar-refractivity contribution in [3.8, 4) is 0 Å². The number of rotatable bonds is 5. The van der Waals surface area contributed by atoms with Gasteiger partial charge in [0.2, 0.25) is 5.91 Å². The Morgan fingerprint density at radius 1 is 1.63 bits per heavy atom. The first-order valence-electron chi connectivity index (χ1n) is 6.16. The summed E-state index contributed by atoms with van der Waals surface area (Å²) in [5, 5.41) is 15.7. The van der Waals surface area contributed by atoms with Gasteiger partial charge in [-0.25, -0.2) is 0 Å². The molecule has 1 amide bonds. The van der Waals surface area contributed by atoms with Crippen LogP contribution in [-0.2, 0) is 14.3 Å². The minimum atomic E-state index is -0.922. The number of hydrogen-bond donors (Lipinski definition) is 2. The third kappa shape index (κ3) is 3.33. The molecule has 0 radical (unpaired) electrons. The lowest BCUT2D eigenvalue weighted by molar-refractivity contribution is -0.139. The Hall–Kier alpha value is -1.40. The second kappa shape index (κ2) is 5.71. The maximum Gasteiger partial charge on any atom is 0.305 e. The van der Waals surface area contributed by atoms with Crippen LogP contribution in [0.4, 0.5) is 0 Å². The van der Waals surface area contributed by atoms with E-state index in [9.17, 15) is 9.59 Å². The van der Waals surface area contributed by atoms with Crippen molar-refractivity contribution in [2.24, 2.45) is 0 Å². The Morgan fingerprint density at radius 2 is 2.42 bits per heavy atom. The lowest BCUT2D eigenvalue weighted by atomic mass is 9.92. The van der Waals surface area contributed by atoms with Crippen LogP contribution in [-0.4, -0.2) is 35.7 Å². The molecule has 104 valence electrons. The monoisotopic (exact) mass is 283 g/mol. The van der Waals surface area contributed by atoms with Gasteiger partial charge >= 0.3 is 5.97 Å². The van der Waals surface area contributed by atoms with E-state index >= 15 is 0 Å². The zero-order chi connectivity index (χ0) is 13.9. The van der Waals surface area contributed by atoms with Crippen molar-refractivity contribution in [3.05, 3.63) is 22.4 Å². The number of hydrogen-bond acceptors (Lipinski definition) is 4. The van der Waals surface area contributed by atoms with Crippen molar-refractivity contribution in [2.75, 3.05) is 13.2 Å². The van der Waals surface area contributed by atoms with Crippen LogP contribution in [0.3, 0.4) is 0 Å². The number of ether oxygens (including phenoxy) is 1. The highest BCUT2D eigenvalue weighted by atomic mass is 32.1. The van der Waals surface area contributed by atoms with Crippen molar-refractivity contribution in [1.82, 2.24) is 5.32 Å². The standard InChI is InChI=1S/C13H17NO4S/c1-9(10-2-5-19-7-10)12(17)14-13(6-11(15)16)3-4-18-8-13/h2,5,7,9H,3-4,6,8H2,1H3,(H,14,17)(H,15,16). The van der Waals surface area contributed by atoms with Crippen LogP contribution in [0.2, 0.25) is 0 Å². The third-order valence-electron chi connectivity index (χ3n) is 3.42.